The lowest BCUT2D eigenvalue weighted by molar-refractivity contribution is -0.177. The molecule has 3 aliphatic heterocycles. The highest BCUT2D eigenvalue weighted by molar-refractivity contribution is 5.03. The van der Waals surface area contributed by atoms with Crippen molar-refractivity contribution in [2.24, 2.45) is 11.3 Å². The van der Waals surface area contributed by atoms with Crippen molar-refractivity contribution in [3.05, 3.63) is 0 Å². The Morgan fingerprint density at radius 2 is 2.19 bits per heavy atom. The topological polar surface area (TPSA) is 33.7 Å². The van der Waals surface area contributed by atoms with Gasteiger partial charge in [0.2, 0.25) is 0 Å². The number of rotatable bonds is 2. The smallest absolute Gasteiger partial charge is 0.0627 e. The standard InChI is InChI=1S/C12H22N2O2/c1-14-4-2-10(6-14)12(8-16-9-12)11-7-15-5-3-13-11/h10-11,13H,2-9H2,1H3. The average molecular weight is 226 g/mol. The summed E-state index contributed by atoms with van der Waals surface area (Å²) in [6, 6.07) is 0.506. The zero-order chi connectivity index (χ0) is 11.0. The van der Waals surface area contributed by atoms with Crippen molar-refractivity contribution in [3.8, 4) is 0 Å². The Labute approximate surface area is 97.3 Å². The molecule has 3 heterocycles. The Balaban J connectivity index is 1.71. The van der Waals surface area contributed by atoms with E-state index in [4.69, 9.17) is 9.47 Å². The highest BCUT2D eigenvalue weighted by Gasteiger charge is 2.52. The molecule has 0 saturated carbocycles. The van der Waals surface area contributed by atoms with Gasteiger partial charge in [-0.15, -0.1) is 0 Å². The first-order valence-corrected chi connectivity index (χ1v) is 6.39. The van der Waals surface area contributed by atoms with Gasteiger partial charge in [-0.3, -0.25) is 0 Å². The summed E-state index contributed by atoms with van der Waals surface area (Å²) in [5.74, 6) is 0.783. The third-order valence-corrected chi connectivity index (χ3v) is 4.56. The minimum absolute atomic E-state index is 0.352. The molecule has 0 spiro atoms. The quantitative estimate of drug-likeness (QED) is 0.715. The van der Waals surface area contributed by atoms with Gasteiger partial charge in [0.1, 0.15) is 0 Å². The van der Waals surface area contributed by atoms with Crippen molar-refractivity contribution in [3.63, 3.8) is 0 Å². The first-order chi connectivity index (χ1) is 7.81. The molecule has 3 saturated heterocycles. The van der Waals surface area contributed by atoms with Crippen LogP contribution in [0.3, 0.4) is 0 Å². The summed E-state index contributed by atoms with van der Waals surface area (Å²) in [6.45, 7) is 7.02. The molecule has 3 rings (SSSR count). The molecule has 0 aromatic rings. The highest BCUT2D eigenvalue weighted by Crippen LogP contribution is 2.44. The SMILES string of the molecule is CN1CCC(C2(C3COCCN3)COC2)C1. The molecule has 3 fully saturated rings. The van der Waals surface area contributed by atoms with Gasteiger partial charge in [0.05, 0.1) is 26.4 Å². The van der Waals surface area contributed by atoms with Crippen LogP contribution in [0.1, 0.15) is 6.42 Å². The van der Waals surface area contributed by atoms with Crippen molar-refractivity contribution >= 4 is 0 Å². The molecule has 2 atom stereocenters. The highest BCUT2D eigenvalue weighted by atomic mass is 16.5. The van der Waals surface area contributed by atoms with Gasteiger partial charge >= 0.3 is 0 Å². The molecule has 2 unspecified atom stereocenters. The van der Waals surface area contributed by atoms with Crippen molar-refractivity contribution < 1.29 is 9.47 Å². The van der Waals surface area contributed by atoms with Gasteiger partial charge in [0, 0.05) is 24.5 Å². The Morgan fingerprint density at radius 1 is 1.31 bits per heavy atom. The van der Waals surface area contributed by atoms with Crippen molar-refractivity contribution in [2.75, 3.05) is 53.1 Å². The fourth-order valence-electron chi connectivity index (χ4n) is 3.40. The van der Waals surface area contributed by atoms with E-state index in [0.717, 1.165) is 38.9 Å². The van der Waals surface area contributed by atoms with Crippen LogP contribution in [-0.2, 0) is 9.47 Å². The molecule has 92 valence electrons. The van der Waals surface area contributed by atoms with Crippen molar-refractivity contribution in [1.82, 2.24) is 10.2 Å². The Hall–Kier alpha value is -0.160. The summed E-state index contributed by atoms with van der Waals surface area (Å²) >= 11 is 0. The summed E-state index contributed by atoms with van der Waals surface area (Å²) in [7, 11) is 2.22. The summed E-state index contributed by atoms with van der Waals surface area (Å²) in [5, 5.41) is 3.63. The average Bonchev–Trinajstić information content (AvgIpc) is 2.65. The summed E-state index contributed by atoms with van der Waals surface area (Å²) in [5.41, 5.74) is 0.352. The zero-order valence-electron chi connectivity index (χ0n) is 10.1. The number of nitrogens with zero attached hydrogens (tertiary/aromatic N) is 1. The van der Waals surface area contributed by atoms with Gasteiger partial charge in [-0.25, -0.2) is 0 Å². The normalized spacial score (nSPS) is 39.6. The van der Waals surface area contributed by atoms with E-state index in [9.17, 15) is 0 Å². The Morgan fingerprint density at radius 3 is 2.69 bits per heavy atom. The van der Waals surface area contributed by atoms with E-state index in [2.05, 4.69) is 17.3 Å². The van der Waals surface area contributed by atoms with E-state index in [0.29, 0.717) is 11.5 Å². The minimum atomic E-state index is 0.352. The molecule has 3 aliphatic rings. The summed E-state index contributed by atoms with van der Waals surface area (Å²) < 4.78 is 11.1. The van der Waals surface area contributed by atoms with Crippen LogP contribution in [0.25, 0.3) is 0 Å². The van der Waals surface area contributed by atoms with Crippen LogP contribution in [0.15, 0.2) is 0 Å². The zero-order valence-corrected chi connectivity index (χ0v) is 10.1. The maximum Gasteiger partial charge on any atom is 0.0627 e. The second-order valence-electron chi connectivity index (χ2n) is 5.56. The lowest BCUT2D eigenvalue weighted by atomic mass is 9.67. The van der Waals surface area contributed by atoms with E-state index >= 15 is 0 Å². The van der Waals surface area contributed by atoms with E-state index in [1.54, 1.807) is 0 Å². The predicted molar refractivity (Wildman–Crippen MR) is 61.5 cm³/mol. The van der Waals surface area contributed by atoms with Crippen LogP contribution < -0.4 is 5.32 Å². The molecule has 4 nitrogen and oxygen atoms in total. The van der Waals surface area contributed by atoms with E-state index < -0.39 is 0 Å². The molecular formula is C12H22N2O2. The van der Waals surface area contributed by atoms with Crippen LogP contribution >= 0.6 is 0 Å². The van der Waals surface area contributed by atoms with Crippen molar-refractivity contribution in [2.45, 2.75) is 12.5 Å². The fourth-order valence-corrected chi connectivity index (χ4v) is 3.40. The lowest BCUT2D eigenvalue weighted by Gasteiger charge is -2.52. The number of morpholine rings is 1. The fraction of sp³-hybridized carbons (Fsp3) is 1.00. The maximum absolute atomic E-state index is 5.62. The molecule has 0 amide bonds. The van der Waals surface area contributed by atoms with Crippen molar-refractivity contribution in [1.29, 1.82) is 0 Å². The van der Waals surface area contributed by atoms with E-state index in [1.807, 2.05) is 0 Å². The summed E-state index contributed by atoms with van der Waals surface area (Å²) in [4.78, 5) is 2.44. The van der Waals surface area contributed by atoms with Gasteiger partial charge < -0.3 is 19.7 Å². The third-order valence-electron chi connectivity index (χ3n) is 4.56. The number of hydrogen-bond acceptors (Lipinski definition) is 4. The maximum atomic E-state index is 5.62. The first kappa shape index (κ1) is 11.0. The molecule has 16 heavy (non-hydrogen) atoms. The predicted octanol–water partition coefficient (Wildman–Crippen LogP) is -0.0569. The molecule has 1 N–H and O–H groups in total. The lowest BCUT2D eigenvalue weighted by Crippen LogP contribution is -2.64. The van der Waals surface area contributed by atoms with Crippen LogP contribution in [0.5, 0.6) is 0 Å². The number of ether oxygens (including phenoxy) is 2. The van der Waals surface area contributed by atoms with Gasteiger partial charge in [0.25, 0.3) is 0 Å². The molecule has 0 radical (unpaired) electrons. The molecule has 0 aromatic carbocycles. The van der Waals surface area contributed by atoms with Gasteiger partial charge in [0.15, 0.2) is 0 Å². The number of likely N-dealkylation sites (tertiary alicyclic amines) is 1. The molecular weight excluding hydrogens is 204 g/mol. The second kappa shape index (κ2) is 4.26. The number of hydrogen-bond donors (Lipinski definition) is 1. The molecule has 0 bridgehead atoms. The largest absolute Gasteiger partial charge is 0.380 e. The van der Waals surface area contributed by atoms with Crippen LogP contribution in [0.2, 0.25) is 0 Å². The van der Waals surface area contributed by atoms with Gasteiger partial charge in [-0.1, -0.05) is 0 Å². The van der Waals surface area contributed by atoms with Gasteiger partial charge in [-0.2, -0.15) is 0 Å². The van der Waals surface area contributed by atoms with Crippen LogP contribution in [-0.4, -0.2) is 64.1 Å². The molecule has 0 aromatic heterocycles. The van der Waals surface area contributed by atoms with E-state index in [-0.39, 0.29) is 0 Å². The van der Waals surface area contributed by atoms with E-state index in [1.165, 1.54) is 19.5 Å². The van der Waals surface area contributed by atoms with Crippen LogP contribution in [0, 0.1) is 11.3 Å². The Bertz CT molecular complexity index is 243. The molecule has 4 heteroatoms. The first-order valence-electron chi connectivity index (χ1n) is 6.39. The second-order valence-corrected chi connectivity index (χ2v) is 5.56. The number of nitrogens with one attached hydrogen (secondary N) is 1. The minimum Gasteiger partial charge on any atom is -0.380 e. The monoisotopic (exact) mass is 226 g/mol. The molecule has 0 aliphatic carbocycles. The summed E-state index contributed by atoms with van der Waals surface area (Å²) in [6.07, 6.45) is 1.32. The Kier molecular flexibility index (Phi) is 2.92. The van der Waals surface area contributed by atoms with Gasteiger partial charge in [-0.05, 0) is 25.9 Å². The van der Waals surface area contributed by atoms with Crippen LogP contribution in [0.4, 0.5) is 0 Å². The third kappa shape index (κ3) is 1.68.